The lowest BCUT2D eigenvalue weighted by molar-refractivity contribution is 0.255. The summed E-state index contributed by atoms with van der Waals surface area (Å²) in [6.07, 6.45) is 2.34. The van der Waals surface area contributed by atoms with Gasteiger partial charge in [-0.15, -0.1) is 0 Å². The van der Waals surface area contributed by atoms with Crippen molar-refractivity contribution >= 4 is 0 Å². The quantitative estimate of drug-likeness (QED) is 0.467. The Morgan fingerprint density at radius 1 is 1.40 bits per heavy atom. The molecule has 0 radical (unpaired) electrons. The molecule has 2 heteroatoms. The zero-order valence-electron chi connectivity index (χ0n) is 7.57. The van der Waals surface area contributed by atoms with Crippen molar-refractivity contribution in [1.29, 1.82) is 0 Å². The lowest BCUT2D eigenvalue weighted by Gasteiger charge is -2.29. The Kier molecular flexibility index (Phi) is 3.91. The molecular weight excluding hydrogens is 124 g/mol. The molecule has 0 aliphatic rings. The summed E-state index contributed by atoms with van der Waals surface area (Å²) in [6.45, 7) is 8.78. The van der Waals surface area contributed by atoms with E-state index in [1.54, 1.807) is 0 Å². The van der Waals surface area contributed by atoms with Gasteiger partial charge in [0.25, 0.3) is 0 Å². The summed E-state index contributed by atoms with van der Waals surface area (Å²) in [6, 6.07) is 0.442. The van der Waals surface area contributed by atoms with Crippen molar-refractivity contribution in [2.75, 3.05) is 0 Å². The highest BCUT2D eigenvalue weighted by atomic mass is 15.2. The van der Waals surface area contributed by atoms with Gasteiger partial charge >= 0.3 is 0 Å². The summed E-state index contributed by atoms with van der Waals surface area (Å²) < 4.78 is 0. The first-order valence-corrected chi connectivity index (χ1v) is 3.98. The molecule has 10 heavy (non-hydrogen) atoms. The largest absolute Gasteiger partial charge is 0.271 e. The first kappa shape index (κ1) is 9.92. The molecule has 0 spiro atoms. The number of nitrogens with one attached hydrogen (secondary N) is 1. The highest BCUT2D eigenvalue weighted by Crippen LogP contribution is 2.21. The van der Waals surface area contributed by atoms with Crippen molar-refractivity contribution in [3.05, 3.63) is 0 Å². The van der Waals surface area contributed by atoms with Gasteiger partial charge < -0.3 is 0 Å². The van der Waals surface area contributed by atoms with Crippen molar-refractivity contribution in [3.63, 3.8) is 0 Å². The third kappa shape index (κ3) is 3.18. The monoisotopic (exact) mass is 144 g/mol. The van der Waals surface area contributed by atoms with E-state index in [1.165, 1.54) is 6.42 Å². The van der Waals surface area contributed by atoms with Crippen LogP contribution in [0.5, 0.6) is 0 Å². The molecule has 3 N–H and O–H groups in total. The number of rotatable bonds is 3. The van der Waals surface area contributed by atoms with Gasteiger partial charge in [0.1, 0.15) is 0 Å². The van der Waals surface area contributed by atoms with E-state index in [0.29, 0.717) is 6.04 Å². The van der Waals surface area contributed by atoms with Gasteiger partial charge in [-0.3, -0.25) is 11.3 Å². The normalized spacial score (nSPS) is 15.3. The van der Waals surface area contributed by atoms with Crippen LogP contribution in [-0.2, 0) is 0 Å². The third-order valence-corrected chi connectivity index (χ3v) is 1.82. The maximum absolute atomic E-state index is 5.39. The SMILES string of the molecule is CCC[C@H](NN)C(C)(C)C. The number of nitrogens with two attached hydrogens (primary N) is 1. The van der Waals surface area contributed by atoms with E-state index in [9.17, 15) is 0 Å². The molecule has 0 saturated heterocycles. The summed E-state index contributed by atoms with van der Waals surface area (Å²) in [5, 5.41) is 0. The molecule has 0 amide bonds. The molecule has 0 aromatic carbocycles. The molecule has 0 heterocycles. The van der Waals surface area contributed by atoms with Gasteiger partial charge in [0.15, 0.2) is 0 Å². The lowest BCUT2D eigenvalue weighted by atomic mass is 9.85. The first-order chi connectivity index (χ1) is 4.52. The van der Waals surface area contributed by atoms with Crippen LogP contribution in [0.1, 0.15) is 40.5 Å². The highest BCUT2D eigenvalue weighted by Gasteiger charge is 2.21. The fourth-order valence-electron chi connectivity index (χ4n) is 1.06. The summed E-state index contributed by atoms with van der Waals surface area (Å²) >= 11 is 0. The van der Waals surface area contributed by atoms with Crippen LogP contribution in [0.2, 0.25) is 0 Å². The van der Waals surface area contributed by atoms with Gasteiger partial charge in [-0.1, -0.05) is 34.1 Å². The molecule has 1 atom stereocenters. The number of hydrogen-bond acceptors (Lipinski definition) is 2. The molecule has 0 aliphatic carbocycles. The molecule has 0 fully saturated rings. The Morgan fingerprint density at radius 3 is 2.00 bits per heavy atom. The zero-order valence-corrected chi connectivity index (χ0v) is 7.57. The van der Waals surface area contributed by atoms with Gasteiger partial charge in [-0.2, -0.15) is 0 Å². The molecule has 62 valence electrons. The topological polar surface area (TPSA) is 38.0 Å². The average molecular weight is 144 g/mol. The first-order valence-electron chi connectivity index (χ1n) is 3.98. The maximum atomic E-state index is 5.39. The highest BCUT2D eigenvalue weighted by molar-refractivity contribution is 4.77. The Balaban J connectivity index is 3.81. The minimum absolute atomic E-state index is 0.282. The predicted molar refractivity (Wildman–Crippen MR) is 45.5 cm³/mol. The maximum Gasteiger partial charge on any atom is 0.0258 e. The van der Waals surface area contributed by atoms with E-state index in [2.05, 4.69) is 33.1 Å². The van der Waals surface area contributed by atoms with Crippen LogP contribution in [0, 0.1) is 5.41 Å². The van der Waals surface area contributed by atoms with Crippen molar-refractivity contribution in [2.45, 2.75) is 46.6 Å². The van der Waals surface area contributed by atoms with Gasteiger partial charge in [-0.05, 0) is 11.8 Å². The van der Waals surface area contributed by atoms with E-state index >= 15 is 0 Å². The second kappa shape index (κ2) is 3.94. The molecule has 0 aromatic rings. The third-order valence-electron chi connectivity index (χ3n) is 1.82. The summed E-state index contributed by atoms with van der Waals surface area (Å²) in [4.78, 5) is 0. The van der Waals surface area contributed by atoms with Crippen molar-refractivity contribution in [3.8, 4) is 0 Å². The summed E-state index contributed by atoms with van der Waals surface area (Å²) in [5.41, 5.74) is 3.13. The lowest BCUT2D eigenvalue weighted by Crippen LogP contribution is -2.44. The van der Waals surface area contributed by atoms with Crippen molar-refractivity contribution < 1.29 is 0 Å². The van der Waals surface area contributed by atoms with Crippen LogP contribution in [-0.4, -0.2) is 6.04 Å². The molecule has 2 nitrogen and oxygen atoms in total. The van der Waals surface area contributed by atoms with Crippen LogP contribution >= 0.6 is 0 Å². The van der Waals surface area contributed by atoms with Gasteiger partial charge in [0.05, 0.1) is 0 Å². The smallest absolute Gasteiger partial charge is 0.0258 e. The van der Waals surface area contributed by atoms with E-state index in [1.807, 2.05) is 0 Å². The molecule has 0 saturated carbocycles. The second-order valence-electron chi connectivity index (χ2n) is 3.87. The standard InChI is InChI=1S/C8H20N2/c1-5-6-7(10-9)8(2,3)4/h7,10H,5-6,9H2,1-4H3/t7-/m0/s1. The van der Waals surface area contributed by atoms with E-state index in [4.69, 9.17) is 5.84 Å². The van der Waals surface area contributed by atoms with Crippen molar-refractivity contribution in [2.24, 2.45) is 11.3 Å². The van der Waals surface area contributed by atoms with Crippen LogP contribution in [0.3, 0.4) is 0 Å². The minimum atomic E-state index is 0.282. The van der Waals surface area contributed by atoms with Crippen LogP contribution in [0.25, 0.3) is 0 Å². The molecular formula is C8H20N2. The van der Waals surface area contributed by atoms with Crippen LogP contribution in [0.15, 0.2) is 0 Å². The Hall–Kier alpha value is -0.0800. The van der Waals surface area contributed by atoms with Crippen molar-refractivity contribution in [1.82, 2.24) is 5.43 Å². The Morgan fingerprint density at radius 2 is 1.90 bits per heavy atom. The van der Waals surface area contributed by atoms with Gasteiger partial charge in [-0.25, -0.2) is 0 Å². The molecule has 0 aromatic heterocycles. The minimum Gasteiger partial charge on any atom is -0.271 e. The predicted octanol–water partition coefficient (Wildman–Crippen LogP) is 1.66. The Bertz CT molecular complexity index is 83.7. The van der Waals surface area contributed by atoms with Crippen LogP contribution < -0.4 is 11.3 Å². The average Bonchev–Trinajstić information content (AvgIpc) is 1.80. The van der Waals surface area contributed by atoms with Gasteiger partial charge in [0.2, 0.25) is 0 Å². The Labute approximate surface area is 64.2 Å². The van der Waals surface area contributed by atoms with Gasteiger partial charge in [0, 0.05) is 6.04 Å². The molecule has 0 rings (SSSR count). The van der Waals surface area contributed by atoms with E-state index in [-0.39, 0.29) is 5.41 Å². The molecule has 0 bridgehead atoms. The summed E-state index contributed by atoms with van der Waals surface area (Å²) in [5.74, 6) is 5.39. The van der Waals surface area contributed by atoms with E-state index in [0.717, 1.165) is 6.42 Å². The molecule has 0 unspecified atom stereocenters. The fourth-order valence-corrected chi connectivity index (χ4v) is 1.06. The number of hydrogen-bond donors (Lipinski definition) is 2. The second-order valence-corrected chi connectivity index (χ2v) is 3.87. The molecule has 0 aliphatic heterocycles. The zero-order chi connectivity index (χ0) is 8.20. The van der Waals surface area contributed by atoms with Crippen LogP contribution in [0.4, 0.5) is 0 Å². The van der Waals surface area contributed by atoms with E-state index < -0.39 is 0 Å². The summed E-state index contributed by atoms with van der Waals surface area (Å²) in [7, 11) is 0. The fraction of sp³-hybridized carbons (Fsp3) is 1.00. The number of hydrazine groups is 1.